The number of amides is 2. The molecule has 5 nitrogen and oxygen atoms in total. The average Bonchev–Trinajstić information content (AvgIpc) is 3.45. The molecular weight excluding hydrogens is 328 g/mol. The number of piperidine rings is 2. The van der Waals surface area contributed by atoms with E-state index in [1.54, 1.807) is 24.3 Å². The van der Waals surface area contributed by atoms with Crippen molar-refractivity contribution in [1.29, 1.82) is 0 Å². The highest BCUT2D eigenvalue weighted by molar-refractivity contribution is 5.79. The molecule has 3 fully saturated rings. The molecule has 1 aromatic carbocycles. The van der Waals surface area contributed by atoms with Gasteiger partial charge in [-0.15, -0.1) is 0 Å². The summed E-state index contributed by atoms with van der Waals surface area (Å²) >= 11 is 0. The molecule has 0 unspecified atom stereocenters. The van der Waals surface area contributed by atoms with Crippen LogP contribution in [0.25, 0.3) is 0 Å². The topological polar surface area (TPSA) is 60.9 Å². The first-order valence-electron chi connectivity index (χ1n) is 9.86. The Kier molecular flexibility index (Phi) is 4.63. The lowest BCUT2D eigenvalue weighted by Gasteiger charge is -2.47. The molecule has 5 heteroatoms. The quantitative estimate of drug-likeness (QED) is 0.902. The van der Waals surface area contributed by atoms with Crippen LogP contribution in [0.5, 0.6) is 5.75 Å². The minimum absolute atomic E-state index is 0.160. The summed E-state index contributed by atoms with van der Waals surface area (Å²) in [5, 5.41) is 9.36. The normalized spacial score (nSPS) is 22.7. The van der Waals surface area contributed by atoms with Crippen LogP contribution in [0, 0.1) is 11.3 Å². The number of hydrogen-bond donors (Lipinski definition) is 1. The summed E-state index contributed by atoms with van der Waals surface area (Å²) in [6, 6.07) is 6.87. The smallest absolute Gasteiger partial charge is 0.226 e. The van der Waals surface area contributed by atoms with Gasteiger partial charge in [0.05, 0.1) is 6.42 Å². The van der Waals surface area contributed by atoms with Gasteiger partial charge in [0.25, 0.3) is 0 Å². The van der Waals surface area contributed by atoms with Crippen molar-refractivity contribution in [3.8, 4) is 5.75 Å². The molecule has 1 aromatic rings. The zero-order valence-corrected chi connectivity index (χ0v) is 15.3. The molecule has 2 aliphatic heterocycles. The Bertz CT molecular complexity index is 673. The second-order valence-electron chi connectivity index (χ2n) is 8.44. The molecule has 2 saturated heterocycles. The first-order valence-corrected chi connectivity index (χ1v) is 9.86. The molecule has 3 aliphatic rings. The molecule has 1 aliphatic carbocycles. The fraction of sp³-hybridized carbons (Fsp3) is 0.619. The van der Waals surface area contributed by atoms with Crippen molar-refractivity contribution in [2.75, 3.05) is 26.2 Å². The molecule has 1 spiro atoms. The third-order valence-corrected chi connectivity index (χ3v) is 6.39. The number of nitrogens with zero attached hydrogens (tertiary/aromatic N) is 2. The lowest BCUT2D eigenvalue weighted by atomic mass is 9.72. The van der Waals surface area contributed by atoms with E-state index >= 15 is 0 Å². The van der Waals surface area contributed by atoms with E-state index in [0.717, 1.165) is 56.9 Å². The van der Waals surface area contributed by atoms with Crippen LogP contribution in [0.3, 0.4) is 0 Å². The SMILES string of the molecule is O=C(Cc1ccc(O)cc1)N1CCC2(CCC(=O)N(CC3CC3)C2)CC1. The molecular formula is C21H28N2O3. The van der Waals surface area contributed by atoms with E-state index < -0.39 is 0 Å². The fourth-order valence-corrected chi connectivity index (χ4v) is 4.42. The molecule has 140 valence electrons. The second kappa shape index (κ2) is 6.93. The molecule has 1 N–H and O–H groups in total. The van der Waals surface area contributed by atoms with Crippen molar-refractivity contribution in [2.24, 2.45) is 11.3 Å². The van der Waals surface area contributed by atoms with Gasteiger partial charge >= 0.3 is 0 Å². The van der Waals surface area contributed by atoms with E-state index in [2.05, 4.69) is 4.90 Å². The summed E-state index contributed by atoms with van der Waals surface area (Å²) in [5.41, 5.74) is 1.16. The summed E-state index contributed by atoms with van der Waals surface area (Å²) in [6.45, 7) is 3.43. The number of rotatable bonds is 4. The highest BCUT2D eigenvalue weighted by Crippen LogP contribution is 2.41. The van der Waals surface area contributed by atoms with E-state index in [1.165, 1.54) is 12.8 Å². The lowest BCUT2D eigenvalue weighted by molar-refractivity contribution is -0.142. The number of phenolic OH excluding ortho intramolecular Hbond substituents is 1. The van der Waals surface area contributed by atoms with Gasteiger partial charge in [-0.2, -0.15) is 0 Å². The molecule has 0 radical (unpaired) electrons. The minimum Gasteiger partial charge on any atom is -0.508 e. The lowest BCUT2D eigenvalue weighted by Crippen LogP contribution is -2.52. The van der Waals surface area contributed by atoms with Gasteiger partial charge in [0.15, 0.2) is 0 Å². The van der Waals surface area contributed by atoms with E-state index in [9.17, 15) is 14.7 Å². The average molecular weight is 356 g/mol. The van der Waals surface area contributed by atoms with Gasteiger partial charge in [0.2, 0.25) is 11.8 Å². The Morgan fingerprint density at radius 1 is 1.12 bits per heavy atom. The van der Waals surface area contributed by atoms with Crippen molar-refractivity contribution in [2.45, 2.75) is 44.9 Å². The largest absolute Gasteiger partial charge is 0.508 e. The summed E-state index contributed by atoms with van der Waals surface area (Å²) < 4.78 is 0. The van der Waals surface area contributed by atoms with Gasteiger partial charge in [-0.05, 0) is 61.1 Å². The second-order valence-corrected chi connectivity index (χ2v) is 8.44. The van der Waals surface area contributed by atoms with Crippen molar-refractivity contribution < 1.29 is 14.7 Å². The number of hydrogen-bond acceptors (Lipinski definition) is 3. The number of carbonyl (C=O) groups is 2. The van der Waals surface area contributed by atoms with Gasteiger partial charge in [-0.3, -0.25) is 9.59 Å². The van der Waals surface area contributed by atoms with Crippen LogP contribution in [0.15, 0.2) is 24.3 Å². The van der Waals surface area contributed by atoms with Crippen molar-refractivity contribution >= 4 is 11.8 Å². The Morgan fingerprint density at radius 3 is 2.46 bits per heavy atom. The first kappa shape index (κ1) is 17.4. The predicted octanol–water partition coefficient (Wildman–Crippen LogP) is 2.58. The summed E-state index contributed by atoms with van der Waals surface area (Å²) in [6.07, 6.45) is 6.60. The van der Waals surface area contributed by atoms with E-state index in [1.807, 2.05) is 4.90 Å². The molecule has 1 saturated carbocycles. The highest BCUT2D eigenvalue weighted by atomic mass is 16.3. The molecule has 26 heavy (non-hydrogen) atoms. The molecule has 2 heterocycles. The maximum atomic E-state index is 12.6. The van der Waals surface area contributed by atoms with Gasteiger partial charge in [0, 0.05) is 32.6 Å². The Hall–Kier alpha value is -2.04. The van der Waals surface area contributed by atoms with Gasteiger partial charge in [-0.25, -0.2) is 0 Å². The van der Waals surface area contributed by atoms with Gasteiger partial charge in [0.1, 0.15) is 5.75 Å². The van der Waals surface area contributed by atoms with Crippen molar-refractivity contribution in [3.05, 3.63) is 29.8 Å². The van der Waals surface area contributed by atoms with E-state index in [-0.39, 0.29) is 17.1 Å². The standard InChI is InChI=1S/C21H28N2O3/c24-18-5-3-16(4-6-18)13-20(26)22-11-9-21(10-12-22)8-7-19(25)23(15-21)14-17-1-2-17/h3-6,17,24H,1-2,7-15H2. The number of phenols is 1. The van der Waals surface area contributed by atoms with Crippen LogP contribution < -0.4 is 0 Å². The van der Waals surface area contributed by atoms with Gasteiger partial charge < -0.3 is 14.9 Å². The third kappa shape index (κ3) is 3.87. The monoisotopic (exact) mass is 356 g/mol. The van der Waals surface area contributed by atoms with Crippen LogP contribution in [0.2, 0.25) is 0 Å². The summed E-state index contributed by atoms with van der Waals surface area (Å²) in [4.78, 5) is 28.9. The van der Waals surface area contributed by atoms with E-state index in [4.69, 9.17) is 0 Å². The van der Waals surface area contributed by atoms with Crippen LogP contribution in [-0.2, 0) is 16.0 Å². The third-order valence-electron chi connectivity index (χ3n) is 6.39. The Labute approximate surface area is 155 Å². The summed E-state index contributed by atoms with van der Waals surface area (Å²) in [7, 11) is 0. The van der Waals surface area contributed by atoms with Crippen molar-refractivity contribution in [1.82, 2.24) is 9.80 Å². The van der Waals surface area contributed by atoms with E-state index in [0.29, 0.717) is 18.7 Å². The number of aromatic hydroxyl groups is 1. The van der Waals surface area contributed by atoms with Crippen molar-refractivity contribution in [3.63, 3.8) is 0 Å². The zero-order chi connectivity index (χ0) is 18.1. The van der Waals surface area contributed by atoms with Crippen LogP contribution in [0.4, 0.5) is 0 Å². The zero-order valence-electron chi connectivity index (χ0n) is 15.3. The molecule has 0 bridgehead atoms. The van der Waals surface area contributed by atoms with Crippen LogP contribution >= 0.6 is 0 Å². The fourth-order valence-electron chi connectivity index (χ4n) is 4.42. The molecule has 0 aromatic heterocycles. The first-order chi connectivity index (χ1) is 12.5. The molecule has 2 amide bonds. The number of carbonyl (C=O) groups excluding carboxylic acids is 2. The maximum absolute atomic E-state index is 12.6. The Balaban J connectivity index is 1.32. The van der Waals surface area contributed by atoms with Crippen LogP contribution in [0.1, 0.15) is 44.1 Å². The van der Waals surface area contributed by atoms with Crippen LogP contribution in [-0.4, -0.2) is 52.9 Å². The molecule has 0 atom stereocenters. The number of benzene rings is 1. The maximum Gasteiger partial charge on any atom is 0.226 e. The minimum atomic E-state index is 0.160. The molecule has 4 rings (SSSR count). The summed E-state index contributed by atoms with van der Waals surface area (Å²) in [5.74, 6) is 1.45. The number of likely N-dealkylation sites (tertiary alicyclic amines) is 2. The predicted molar refractivity (Wildman–Crippen MR) is 98.6 cm³/mol. The Morgan fingerprint density at radius 2 is 1.81 bits per heavy atom. The van der Waals surface area contributed by atoms with Gasteiger partial charge in [-0.1, -0.05) is 12.1 Å². The highest BCUT2D eigenvalue weighted by Gasteiger charge is 2.42.